The van der Waals surface area contributed by atoms with Crippen LogP contribution in [0.2, 0.25) is 0 Å². The molecule has 4 nitrogen and oxygen atoms in total. The molecule has 1 aromatic rings. The molecular formula is C13H17NO3. The maximum atomic E-state index is 11.6. The van der Waals surface area contributed by atoms with Gasteiger partial charge in [0.25, 0.3) is 0 Å². The third kappa shape index (κ3) is 3.46. The fraction of sp³-hybridized carbons (Fsp3) is 0.462. The first-order valence-corrected chi connectivity index (χ1v) is 5.90. The summed E-state index contributed by atoms with van der Waals surface area (Å²) in [6.45, 7) is 0.197. The molecule has 1 aliphatic rings. The SMILES string of the molecule is O=C(CC1C=CCC1)NCC(O)c1ccco1. The monoisotopic (exact) mass is 235 g/mol. The fourth-order valence-corrected chi connectivity index (χ4v) is 1.97. The second-order valence-corrected chi connectivity index (χ2v) is 4.31. The predicted molar refractivity (Wildman–Crippen MR) is 63.2 cm³/mol. The van der Waals surface area contributed by atoms with Gasteiger partial charge in [-0.1, -0.05) is 12.2 Å². The van der Waals surface area contributed by atoms with E-state index >= 15 is 0 Å². The van der Waals surface area contributed by atoms with Crippen LogP contribution in [-0.2, 0) is 4.79 Å². The Kier molecular flexibility index (Phi) is 3.98. The average molecular weight is 235 g/mol. The molecule has 2 unspecified atom stereocenters. The smallest absolute Gasteiger partial charge is 0.220 e. The predicted octanol–water partition coefficient (Wildman–Crippen LogP) is 1.79. The lowest BCUT2D eigenvalue weighted by Gasteiger charge is -2.11. The number of carbonyl (C=O) groups excluding carboxylic acids is 1. The number of carbonyl (C=O) groups is 1. The van der Waals surface area contributed by atoms with Crippen molar-refractivity contribution in [1.29, 1.82) is 0 Å². The molecule has 0 aromatic carbocycles. The zero-order valence-corrected chi connectivity index (χ0v) is 9.63. The van der Waals surface area contributed by atoms with Crippen molar-refractivity contribution in [1.82, 2.24) is 5.32 Å². The molecule has 1 aliphatic carbocycles. The molecule has 17 heavy (non-hydrogen) atoms. The van der Waals surface area contributed by atoms with Crippen molar-refractivity contribution in [3.05, 3.63) is 36.3 Å². The summed E-state index contributed by atoms with van der Waals surface area (Å²) in [7, 11) is 0. The van der Waals surface area contributed by atoms with Gasteiger partial charge in [-0.05, 0) is 30.9 Å². The van der Waals surface area contributed by atoms with Gasteiger partial charge in [0.1, 0.15) is 11.9 Å². The van der Waals surface area contributed by atoms with E-state index < -0.39 is 6.10 Å². The van der Waals surface area contributed by atoms with Crippen LogP contribution >= 0.6 is 0 Å². The number of hydrogen-bond donors (Lipinski definition) is 2. The minimum atomic E-state index is -0.770. The lowest BCUT2D eigenvalue weighted by atomic mass is 10.1. The van der Waals surface area contributed by atoms with Crippen LogP contribution in [0.25, 0.3) is 0 Å². The molecular weight excluding hydrogens is 218 g/mol. The number of rotatable bonds is 5. The minimum Gasteiger partial charge on any atom is -0.467 e. The number of aliphatic hydroxyl groups excluding tert-OH is 1. The molecule has 0 saturated heterocycles. The lowest BCUT2D eigenvalue weighted by Crippen LogP contribution is -2.29. The zero-order chi connectivity index (χ0) is 12.1. The number of allylic oxidation sites excluding steroid dienone is 2. The molecule has 2 atom stereocenters. The molecule has 2 rings (SSSR count). The van der Waals surface area contributed by atoms with E-state index in [4.69, 9.17) is 4.42 Å². The molecule has 0 radical (unpaired) electrons. The summed E-state index contributed by atoms with van der Waals surface area (Å²) in [5, 5.41) is 12.4. The highest BCUT2D eigenvalue weighted by molar-refractivity contribution is 5.76. The molecule has 1 amide bonds. The van der Waals surface area contributed by atoms with Crippen LogP contribution in [0.15, 0.2) is 35.0 Å². The van der Waals surface area contributed by atoms with Gasteiger partial charge in [0.2, 0.25) is 5.91 Å². The maximum absolute atomic E-state index is 11.6. The topological polar surface area (TPSA) is 62.5 Å². The molecule has 0 spiro atoms. The maximum Gasteiger partial charge on any atom is 0.220 e. The van der Waals surface area contributed by atoms with Gasteiger partial charge in [-0.2, -0.15) is 0 Å². The van der Waals surface area contributed by atoms with Crippen LogP contribution in [0.1, 0.15) is 31.1 Å². The van der Waals surface area contributed by atoms with Crippen molar-refractivity contribution in [2.45, 2.75) is 25.4 Å². The van der Waals surface area contributed by atoms with Crippen LogP contribution in [0.5, 0.6) is 0 Å². The van der Waals surface area contributed by atoms with E-state index in [-0.39, 0.29) is 12.5 Å². The first kappa shape index (κ1) is 11.9. The average Bonchev–Trinajstić information content (AvgIpc) is 2.97. The van der Waals surface area contributed by atoms with Gasteiger partial charge in [-0.25, -0.2) is 0 Å². The number of aliphatic hydroxyl groups is 1. The molecule has 92 valence electrons. The minimum absolute atomic E-state index is 0.0212. The summed E-state index contributed by atoms with van der Waals surface area (Å²) in [4.78, 5) is 11.6. The molecule has 0 saturated carbocycles. The van der Waals surface area contributed by atoms with Crippen LogP contribution in [0, 0.1) is 5.92 Å². The van der Waals surface area contributed by atoms with E-state index in [1.54, 1.807) is 12.1 Å². The Labute approximate surface area is 100 Å². The van der Waals surface area contributed by atoms with E-state index in [0.717, 1.165) is 12.8 Å². The van der Waals surface area contributed by atoms with Crippen LogP contribution < -0.4 is 5.32 Å². The lowest BCUT2D eigenvalue weighted by molar-refractivity contribution is -0.122. The van der Waals surface area contributed by atoms with E-state index in [0.29, 0.717) is 18.1 Å². The Bertz CT molecular complexity index is 383. The van der Waals surface area contributed by atoms with Crippen molar-refractivity contribution in [2.75, 3.05) is 6.54 Å². The third-order valence-corrected chi connectivity index (χ3v) is 2.92. The molecule has 0 aliphatic heterocycles. The highest BCUT2D eigenvalue weighted by Crippen LogP contribution is 2.20. The first-order chi connectivity index (χ1) is 8.25. The van der Waals surface area contributed by atoms with E-state index in [1.165, 1.54) is 6.26 Å². The fourth-order valence-electron chi connectivity index (χ4n) is 1.97. The summed E-state index contributed by atoms with van der Waals surface area (Å²) < 4.78 is 5.05. The number of furan rings is 1. The summed E-state index contributed by atoms with van der Waals surface area (Å²) in [6.07, 6.45) is 7.54. The Morgan fingerprint density at radius 2 is 2.53 bits per heavy atom. The Morgan fingerprint density at radius 3 is 3.18 bits per heavy atom. The highest BCUT2D eigenvalue weighted by Gasteiger charge is 2.16. The van der Waals surface area contributed by atoms with E-state index in [9.17, 15) is 9.90 Å². The van der Waals surface area contributed by atoms with Gasteiger partial charge in [-0.15, -0.1) is 0 Å². The van der Waals surface area contributed by atoms with Crippen molar-refractivity contribution >= 4 is 5.91 Å². The molecule has 0 bridgehead atoms. The summed E-state index contributed by atoms with van der Waals surface area (Å²) in [5.74, 6) is 0.814. The quantitative estimate of drug-likeness (QED) is 0.765. The summed E-state index contributed by atoms with van der Waals surface area (Å²) in [5.41, 5.74) is 0. The van der Waals surface area contributed by atoms with E-state index in [2.05, 4.69) is 17.5 Å². The normalized spacial score (nSPS) is 20.4. The first-order valence-electron chi connectivity index (χ1n) is 5.90. The number of hydrogen-bond acceptors (Lipinski definition) is 3. The molecule has 4 heteroatoms. The molecule has 1 heterocycles. The Morgan fingerprint density at radius 1 is 1.65 bits per heavy atom. The summed E-state index contributed by atoms with van der Waals surface area (Å²) in [6, 6.07) is 3.40. The van der Waals surface area contributed by atoms with E-state index in [1.807, 2.05) is 0 Å². The highest BCUT2D eigenvalue weighted by atomic mass is 16.4. The van der Waals surface area contributed by atoms with Crippen LogP contribution in [-0.4, -0.2) is 17.6 Å². The molecule has 2 N–H and O–H groups in total. The second kappa shape index (κ2) is 5.68. The van der Waals surface area contributed by atoms with Gasteiger partial charge in [0.15, 0.2) is 0 Å². The van der Waals surface area contributed by atoms with Crippen molar-refractivity contribution in [3.63, 3.8) is 0 Å². The summed E-state index contributed by atoms with van der Waals surface area (Å²) >= 11 is 0. The zero-order valence-electron chi connectivity index (χ0n) is 9.63. The number of amides is 1. The van der Waals surface area contributed by atoms with Crippen molar-refractivity contribution in [3.8, 4) is 0 Å². The van der Waals surface area contributed by atoms with Gasteiger partial charge in [-0.3, -0.25) is 4.79 Å². The standard InChI is InChI=1S/C13H17NO3/c15-11(12-6-3-7-17-12)9-14-13(16)8-10-4-1-2-5-10/h1,3-4,6-7,10-11,15H,2,5,8-9H2,(H,14,16). The second-order valence-electron chi connectivity index (χ2n) is 4.31. The number of nitrogens with one attached hydrogen (secondary N) is 1. The Balaban J connectivity index is 1.70. The van der Waals surface area contributed by atoms with Crippen molar-refractivity contribution in [2.24, 2.45) is 5.92 Å². The van der Waals surface area contributed by atoms with Gasteiger partial charge >= 0.3 is 0 Å². The van der Waals surface area contributed by atoms with Crippen molar-refractivity contribution < 1.29 is 14.3 Å². The largest absolute Gasteiger partial charge is 0.467 e. The van der Waals surface area contributed by atoms with Crippen LogP contribution in [0.4, 0.5) is 0 Å². The van der Waals surface area contributed by atoms with Crippen LogP contribution in [0.3, 0.4) is 0 Å². The Hall–Kier alpha value is -1.55. The molecule has 1 aromatic heterocycles. The molecule has 0 fully saturated rings. The van der Waals surface area contributed by atoms with Gasteiger partial charge < -0.3 is 14.8 Å². The van der Waals surface area contributed by atoms with Gasteiger partial charge in [0, 0.05) is 6.42 Å². The third-order valence-electron chi connectivity index (χ3n) is 2.92. The van der Waals surface area contributed by atoms with Gasteiger partial charge in [0.05, 0.1) is 12.8 Å².